The molecule has 0 amide bonds. The topological polar surface area (TPSA) is 124 Å². The number of hydrogen-bond acceptors (Lipinski definition) is 4. The van der Waals surface area contributed by atoms with Gasteiger partial charge < -0.3 is 33.7 Å². The first-order valence-electron chi connectivity index (χ1n) is 0.816. The molecule has 8 heteroatoms. The molecule has 0 rings (SSSR count). The Morgan fingerprint density at radius 3 is 0.875 bits per heavy atom. The summed E-state index contributed by atoms with van der Waals surface area (Å²) in [4.78, 5) is 34.3. The van der Waals surface area contributed by atoms with Crippen LogP contribution in [0.25, 0.3) is 0 Å². The van der Waals surface area contributed by atoms with Crippen molar-refractivity contribution in [3.05, 3.63) is 0 Å². The van der Waals surface area contributed by atoms with Gasteiger partial charge >= 0.3 is 60.8 Å². The molecule has 0 saturated heterocycles. The van der Waals surface area contributed by atoms with Crippen molar-refractivity contribution in [2.75, 3.05) is 0 Å². The SMILES string of the molecule is O.[Ca+2].[Mg+2].[O-][Si]([O-])([O-])[O-]. The van der Waals surface area contributed by atoms with Gasteiger partial charge in [-0.15, -0.1) is 0 Å². The Bertz CT molecular complexity index is 27.9. The zero-order chi connectivity index (χ0) is 4.50. The molecule has 40 valence electrons. The molecule has 0 aromatic rings. The Hall–Kier alpha value is 2.04. The van der Waals surface area contributed by atoms with E-state index in [1.165, 1.54) is 0 Å². The average Bonchev–Trinajstić information content (AvgIpc) is 0.722. The summed E-state index contributed by atoms with van der Waals surface area (Å²) in [6.45, 7) is 0. The largest absolute Gasteiger partial charge is 2.00 e. The summed E-state index contributed by atoms with van der Waals surface area (Å²) < 4.78 is 0. The molecule has 8 heavy (non-hydrogen) atoms. The van der Waals surface area contributed by atoms with Crippen LogP contribution >= 0.6 is 0 Å². The van der Waals surface area contributed by atoms with Gasteiger partial charge in [0, 0.05) is 0 Å². The van der Waals surface area contributed by atoms with Crippen molar-refractivity contribution in [3.8, 4) is 0 Å². The molecule has 0 aliphatic heterocycles. The zero-order valence-corrected chi connectivity index (χ0v) is 8.67. The van der Waals surface area contributed by atoms with Crippen LogP contribution in [0.15, 0.2) is 0 Å². The summed E-state index contributed by atoms with van der Waals surface area (Å²) in [6, 6.07) is 0. The van der Waals surface area contributed by atoms with Crippen molar-refractivity contribution < 1.29 is 24.7 Å². The minimum Gasteiger partial charge on any atom is -0.894 e. The van der Waals surface area contributed by atoms with Crippen molar-refractivity contribution in [2.45, 2.75) is 0 Å². The van der Waals surface area contributed by atoms with E-state index in [2.05, 4.69) is 0 Å². The van der Waals surface area contributed by atoms with Crippen LogP contribution < -0.4 is 19.2 Å². The molecule has 0 bridgehead atoms. The van der Waals surface area contributed by atoms with Crippen LogP contribution in [0.4, 0.5) is 0 Å². The molecule has 0 aromatic carbocycles. The normalized spacial score (nSPS) is 7.50. The van der Waals surface area contributed by atoms with Crippen molar-refractivity contribution in [3.63, 3.8) is 0 Å². The molecule has 2 N–H and O–H groups in total. The van der Waals surface area contributed by atoms with Crippen LogP contribution in [0.5, 0.6) is 0 Å². The molecule has 0 unspecified atom stereocenters. The first-order chi connectivity index (χ1) is 2.00. The van der Waals surface area contributed by atoms with Crippen LogP contribution in [-0.4, -0.2) is 75.3 Å². The van der Waals surface area contributed by atoms with E-state index in [0.717, 1.165) is 0 Å². The number of hydrogen-bond donors (Lipinski definition) is 0. The van der Waals surface area contributed by atoms with Crippen molar-refractivity contribution in [2.24, 2.45) is 0 Å². The van der Waals surface area contributed by atoms with Crippen LogP contribution in [0.3, 0.4) is 0 Å². The third-order valence-electron chi connectivity index (χ3n) is 0. The number of rotatable bonds is 0. The van der Waals surface area contributed by atoms with E-state index in [4.69, 9.17) is 19.2 Å². The Kier molecular flexibility index (Phi) is 25.4. The van der Waals surface area contributed by atoms with Gasteiger partial charge in [0.1, 0.15) is 0 Å². The standard InChI is InChI=1S/Ca.Mg.O4Si.H2O/c;;1-5(2,3)4;/h;;;1H2/q2*+2;-4;. The summed E-state index contributed by atoms with van der Waals surface area (Å²) in [6.07, 6.45) is 0. The van der Waals surface area contributed by atoms with Crippen LogP contribution in [-0.2, 0) is 0 Å². The second kappa shape index (κ2) is 9.04. The predicted octanol–water partition coefficient (Wildman–Crippen LogP) is -6.72. The maximum absolute atomic E-state index is 8.58. The molecular weight excluding hydrogens is 172 g/mol. The minimum absolute atomic E-state index is 0. The Morgan fingerprint density at radius 1 is 0.875 bits per heavy atom. The molecule has 0 saturated carbocycles. The summed E-state index contributed by atoms with van der Waals surface area (Å²) in [5.74, 6) is 0. The molecule has 0 aliphatic carbocycles. The van der Waals surface area contributed by atoms with E-state index in [9.17, 15) is 0 Å². The van der Waals surface area contributed by atoms with Gasteiger partial charge in [0.2, 0.25) is 0 Å². The molecule has 0 atom stereocenters. The average molecular weight is 174 g/mol. The zero-order valence-electron chi connectivity index (χ0n) is 4.05. The van der Waals surface area contributed by atoms with Crippen molar-refractivity contribution in [1.29, 1.82) is 0 Å². The van der Waals surface area contributed by atoms with Gasteiger partial charge in [-0.05, 0) is 0 Å². The molecule has 0 aliphatic rings. The van der Waals surface area contributed by atoms with Crippen LogP contribution in [0.2, 0.25) is 0 Å². The third-order valence-corrected chi connectivity index (χ3v) is 0. The first kappa shape index (κ1) is 22.5. The Balaban J connectivity index is -0.0000000267. The fraction of sp³-hybridized carbons (Fsp3) is 0. The van der Waals surface area contributed by atoms with Gasteiger partial charge in [-0.3, -0.25) is 0 Å². The van der Waals surface area contributed by atoms with Crippen molar-refractivity contribution in [1.82, 2.24) is 0 Å². The fourth-order valence-corrected chi connectivity index (χ4v) is 0. The van der Waals surface area contributed by atoms with Gasteiger partial charge in [0.05, 0.1) is 0 Å². The molecule has 0 aromatic heterocycles. The monoisotopic (exact) mass is 174 g/mol. The quantitative estimate of drug-likeness (QED) is 0.339. The molecule has 0 spiro atoms. The van der Waals surface area contributed by atoms with E-state index in [-0.39, 0.29) is 66.3 Å². The molecular formula is H2CaMgO5Si. The smallest absolute Gasteiger partial charge is 0.894 e. The van der Waals surface area contributed by atoms with E-state index in [1.54, 1.807) is 0 Å². The predicted molar refractivity (Wildman–Crippen MR) is 20.9 cm³/mol. The summed E-state index contributed by atoms with van der Waals surface area (Å²) in [5, 5.41) is 0. The van der Waals surface area contributed by atoms with E-state index >= 15 is 0 Å². The second-order valence-electron chi connectivity index (χ2n) is 0.500. The fourth-order valence-electron chi connectivity index (χ4n) is 0. The molecule has 0 radical (unpaired) electrons. The van der Waals surface area contributed by atoms with Gasteiger partial charge in [0.15, 0.2) is 0 Å². The first-order valence-corrected chi connectivity index (χ1v) is 2.45. The van der Waals surface area contributed by atoms with Crippen LogP contribution in [0, 0.1) is 0 Å². The van der Waals surface area contributed by atoms with E-state index in [1.807, 2.05) is 0 Å². The summed E-state index contributed by atoms with van der Waals surface area (Å²) in [5.41, 5.74) is 0. The van der Waals surface area contributed by atoms with E-state index < -0.39 is 9.05 Å². The van der Waals surface area contributed by atoms with Gasteiger partial charge in [0.25, 0.3) is 0 Å². The molecule has 5 nitrogen and oxygen atoms in total. The maximum atomic E-state index is 8.58. The van der Waals surface area contributed by atoms with E-state index in [0.29, 0.717) is 0 Å². The van der Waals surface area contributed by atoms with Crippen molar-refractivity contribution >= 4 is 69.8 Å². The van der Waals surface area contributed by atoms with Crippen LogP contribution in [0.1, 0.15) is 0 Å². The summed E-state index contributed by atoms with van der Waals surface area (Å²) in [7, 11) is -5.61. The minimum atomic E-state index is -5.61. The maximum Gasteiger partial charge on any atom is 2.00 e. The van der Waals surface area contributed by atoms with Gasteiger partial charge in [-0.25, -0.2) is 0 Å². The molecule has 0 heterocycles. The third kappa shape index (κ3) is 95.6. The Labute approximate surface area is 93.3 Å². The van der Waals surface area contributed by atoms with Gasteiger partial charge in [-0.1, -0.05) is 0 Å². The molecule has 0 fully saturated rings. The summed E-state index contributed by atoms with van der Waals surface area (Å²) >= 11 is 0. The van der Waals surface area contributed by atoms with Gasteiger partial charge in [-0.2, -0.15) is 0 Å². The Morgan fingerprint density at radius 2 is 0.875 bits per heavy atom. The second-order valence-corrected chi connectivity index (χ2v) is 1.50.